The lowest BCUT2D eigenvalue weighted by atomic mass is 10.1. The Morgan fingerprint density at radius 2 is 2.22 bits per heavy atom. The molecule has 18 heavy (non-hydrogen) atoms. The van der Waals surface area contributed by atoms with Crippen LogP contribution in [-0.4, -0.2) is 13.1 Å². The van der Waals surface area contributed by atoms with Crippen LogP contribution in [-0.2, 0) is 0 Å². The van der Waals surface area contributed by atoms with Gasteiger partial charge in [-0.1, -0.05) is 28.8 Å². The number of benzene rings is 1. The molecule has 100 valence electrons. The molecule has 1 saturated carbocycles. The van der Waals surface area contributed by atoms with E-state index >= 15 is 0 Å². The molecule has 0 saturated heterocycles. The van der Waals surface area contributed by atoms with Gasteiger partial charge in [-0.05, 0) is 43.5 Å². The normalized spacial score (nSPS) is 16.8. The lowest BCUT2D eigenvalue weighted by Gasteiger charge is -2.18. The molecular weight excluding hydrogens is 295 g/mol. The predicted octanol–water partition coefficient (Wildman–Crippen LogP) is 3.37. The minimum Gasteiger partial charge on any atom is -0.329 e. The topological polar surface area (TPSA) is 38.0 Å². The summed E-state index contributed by atoms with van der Waals surface area (Å²) >= 11 is 3.37. The van der Waals surface area contributed by atoms with Crippen molar-refractivity contribution in [2.45, 2.75) is 31.7 Å². The summed E-state index contributed by atoms with van der Waals surface area (Å²) in [5.74, 6) is 0.758. The maximum Gasteiger partial charge on any atom is 0.128 e. The van der Waals surface area contributed by atoms with E-state index in [1.54, 1.807) is 12.1 Å². The molecule has 1 aliphatic carbocycles. The van der Waals surface area contributed by atoms with E-state index in [0.717, 1.165) is 23.4 Å². The van der Waals surface area contributed by atoms with E-state index in [1.807, 2.05) is 0 Å². The number of nitrogens with two attached hydrogens (primary N) is 1. The van der Waals surface area contributed by atoms with Gasteiger partial charge in [0, 0.05) is 22.6 Å². The smallest absolute Gasteiger partial charge is 0.128 e. The third-order valence-electron chi connectivity index (χ3n) is 3.45. The first-order valence-electron chi connectivity index (χ1n) is 6.59. The van der Waals surface area contributed by atoms with Crippen LogP contribution in [0, 0.1) is 11.7 Å². The van der Waals surface area contributed by atoms with Gasteiger partial charge in [0.05, 0.1) is 0 Å². The van der Waals surface area contributed by atoms with Gasteiger partial charge in [-0.3, -0.25) is 0 Å². The molecule has 1 fully saturated rings. The largest absolute Gasteiger partial charge is 0.329 e. The molecule has 1 aromatic carbocycles. The third-order valence-corrected chi connectivity index (χ3v) is 3.94. The van der Waals surface area contributed by atoms with Crippen LogP contribution in [0.5, 0.6) is 0 Å². The van der Waals surface area contributed by atoms with Crippen molar-refractivity contribution in [3.8, 4) is 0 Å². The van der Waals surface area contributed by atoms with E-state index < -0.39 is 0 Å². The van der Waals surface area contributed by atoms with E-state index in [0.29, 0.717) is 12.1 Å². The lowest BCUT2D eigenvalue weighted by molar-refractivity contribution is 0.488. The van der Waals surface area contributed by atoms with Crippen LogP contribution < -0.4 is 11.1 Å². The summed E-state index contributed by atoms with van der Waals surface area (Å²) < 4.78 is 14.6. The molecule has 4 heteroatoms. The van der Waals surface area contributed by atoms with Crippen molar-refractivity contribution in [2.75, 3.05) is 13.1 Å². The van der Waals surface area contributed by atoms with E-state index in [9.17, 15) is 4.39 Å². The summed E-state index contributed by atoms with van der Waals surface area (Å²) in [5, 5.41) is 3.35. The highest BCUT2D eigenvalue weighted by atomic mass is 79.9. The summed E-state index contributed by atoms with van der Waals surface area (Å²) in [6.07, 6.45) is 5.21. The molecule has 1 atom stereocenters. The first-order chi connectivity index (χ1) is 8.70. The number of nitrogens with one attached hydrogen (secondary N) is 1. The van der Waals surface area contributed by atoms with Gasteiger partial charge in [-0.2, -0.15) is 0 Å². The number of hydrogen-bond donors (Lipinski definition) is 2. The highest BCUT2D eigenvalue weighted by molar-refractivity contribution is 9.10. The van der Waals surface area contributed by atoms with Crippen LogP contribution in [0.3, 0.4) is 0 Å². The van der Waals surface area contributed by atoms with Crippen LogP contribution in [0.25, 0.3) is 0 Å². The minimum absolute atomic E-state index is 0.0956. The molecule has 0 heterocycles. The molecule has 1 aromatic rings. The van der Waals surface area contributed by atoms with Gasteiger partial charge in [0.25, 0.3) is 0 Å². The average molecular weight is 315 g/mol. The van der Waals surface area contributed by atoms with Gasteiger partial charge in [0.2, 0.25) is 0 Å². The maximum absolute atomic E-state index is 13.7. The minimum atomic E-state index is -0.191. The van der Waals surface area contributed by atoms with Crippen LogP contribution in [0.2, 0.25) is 0 Å². The van der Waals surface area contributed by atoms with Crippen LogP contribution >= 0.6 is 15.9 Å². The second kappa shape index (κ2) is 6.64. The zero-order chi connectivity index (χ0) is 13.0. The van der Waals surface area contributed by atoms with Crippen molar-refractivity contribution in [1.82, 2.24) is 5.32 Å². The number of rotatable bonds is 7. The Hall–Kier alpha value is -0.450. The van der Waals surface area contributed by atoms with Gasteiger partial charge in [0.15, 0.2) is 0 Å². The fourth-order valence-corrected chi connectivity index (χ4v) is 2.55. The van der Waals surface area contributed by atoms with Crippen molar-refractivity contribution < 1.29 is 4.39 Å². The standard InChI is InChI=1S/C14H20BrFN2/c15-11-5-6-13(16)12(8-11)14(9-17)18-7-1-2-10-3-4-10/h5-6,8,10,14,18H,1-4,7,9,17H2. The van der Waals surface area contributed by atoms with Crippen LogP contribution in [0.4, 0.5) is 4.39 Å². The number of halogens is 2. The Bertz CT molecular complexity index is 393. The Labute approximate surface area is 116 Å². The van der Waals surface area contributed by atoms with Gasteiger partial charge in [0.1, 0.15) is 5.82 Å². The lowest BCUT2D eigenvalue weighted by Crippen LogP contribution is -2.29. The molecular formula is C14H20BrFN2. The Morgan fingerprint density at radius 1 is 1.44 bits per heavy atom. The summed E-state index contributed by atoms with van der Waals surface area (Å²) in [6, 6.07) is 4.90. The summed E-state index contributed by atoms with van der Waals surface area (Å²) in [7, 11) is 0. The van der Waals surface area contributed by atoms with E-state index in [-0.39, 0.29) is 11.9 Å². The van der Waals surface area contributed by atoms with Crippen molar-refractivity contribution in [3.05, 3.63) is 34.1 Å². The summed E-state index contributed by atoms with van der Waals surface area (Å²) in [5.41, 5.74) is 6.38. The zero-order valence-electron chi connectivity index (χ0n) is 10.5. The molecule has 0 radical (unpaired) electrons. The highest BCUT2D eigenvalue weighted by Gasteiger charge is 2.20. The van der Waals surface area contributed by atoms with Crippen molar-refractivity contribution in [3.63, 3.8) is 0 Å². The summed E-state index contributed by atoms with van der Waals surface area (Å²) in [4.78, 5) is 0. The monoisotopic (exact) mass is 314 g/mol. The van der Waals surface area contributed by atoms with E-state index in [4.69, 9.17) is 5.73 Å². The predicted molar refractivity (Wildman–Crippen MR) is 75.9 cm³/mol. The molecule has 3 N–H and O–H groups in total. The molecule has 0 aliphatic heterocycles. The van der Waals surface area contributed by atoms with Crippen molar-refractivity contribution >= 4 is 15.9 Å². The van der Waals surface area contributed by atoms with Crippen LogP contribution in [0.1, 0.15) is 37.3 Å². The first-order valence-corrected chi connectivity index (χ1v) is 7.38. The van der Waals surface area contributed by atoms with Gasteiger partial charge >= 0.3 is 0 Å². The fraction of sp³-hybridized carbons (Fsp3) is 0.571. The van der Waals surface area contributed by atoms with Gasteiger partial charge < -0.3 is 11.1 Å². The average Bonchev–Trinajstić information content (AvgIpc) is 3.17. The fourth-order valence-electron chi connectivity index (χ4n) is 2.18. The second-order valence-electron chi connectivity index (χ2n) is 4.99. The Balaban J connectivity index is 1.87. The summed E-state index contributed by atoms with van der Waals surface area (Å²) in [6.45, 7) is 1.32. The maximum atomic E-state index is 13.7. The molecule has 0 bridgehead atoms. The van der Waals surface area contributed by atoms with Gasteiger partial charge in [-0.25, -0.2) is 4.39 Å². The second-order valence-corrected chi connectivity index (χ2v) is 5.91. The highest BCUT2D eigenvalue weighted by Crippen LogP contribution is 2.33. The van der Waals surface area contributed by atoms with Crippen LogP contribution in [0.15, 0.2) is 22.7 Å². The number of hydrogen-bond acceptors (Lipinski definition) is 2. The SMILES string of the molecule is NCC(NCCCC1CC1)c1cc(Br)ccc1F. The zero-order valence-corrected chi connectivity index (χ0v) is 12.0. The molecule has 0 aromatic heterocycles. The molecule has 1 unspecified atom stereocenters. The third kappa shape index (κ3) is 4.04. The van der Waals surface area contributed by atoms with E-state index in [1.165, 1.54) is 25.3 Å². The molecule has 1 aliphatic rings. The molecule has 0 spiro atoms. The Morgan fingerprint density at radius 3 is 2.89 bits per heavy atom. The van der Waals surface area contributed by atoms with E-state index in [2.05, 4.69) is 21.2 Å². The first kappa shape index (κ1) is 14.0. The Kier molecular flexibility index (Phi) is 5.15. The quantitative estimate of drug-likeness (QED) is 0.757. The van der Waals surface area contributed by atoms with Crippen molar-refractivity contribution in [2.24, 2.45) is 11.7 Å². The molecule has 0 amide bonds. The molecule has 2 rings (SSSR count). The van der Waals surface area contributed by atoms with Gasteiger partial charge in [-0.15, -0.1) is 0 Å². The molecule has 2 nitrogen and oxygen atoms in total. The van der Waals surface area contributed by atoms with Crippen molar-refractivity contribution in [1.29, 1.82) is 0 Å².